The molecule has 1 fully saturated rings. The highest BCUT2D eigenvalue weighted by Crippen LogP contribution is 2.36. The van der Waals surface area contributed by atoms with Gasteiger partial charge in [-0.2, -0.15) is 4.98 Å². The Labute approximate surface area is 198 Å². The number of aromatic nitrogens is 2. The number of benzene rings is 2. The van der Waals surface area contributed by atoms with Gasteiger partial charge in [-0.25, -0.2) is 13.4 Å². The van der Waals surface area contributed by atoms with Gasteiger partial charge in [0.05, 0.1) is 11.4 Å². The van der Waals surface area contributed by atoms with E-state index < -0.39 is 9.84 Å². The Morgan fingerprint density at radius 3 is 2.48 bits per heavy atom. The van der Waals surface area contributed by atoms with E-state index >= 15 is 0 Å². The summed E-state index contributed by atoms with van der Waals surface area (Å²) in [6.45, 7) is 1.62. The first kappa shape index (κ1) is 22.1. The van der Waals surface area contributed by atoms with Crippen molar-refractivity contribution in [2.75, 3.05) is 35.7 Å². The Balaban J connectivity index is 1.43. The molecule has 1 saturated heterocycles. The third-order valence-corrected chi connectivity index (χ3v) is 8.31. The molecule has 0 saturated carbocycles. The van der Waals surface area contributed by atoms with Crippen molar-refractivity contribution in [1.29, 1.82) is 0 Å². The molecule has 0 unspecified atom stereocenters. The van der Waals surface area contributed by atoms with Crippen LogP contribution < -0.4 is 10.2 Å². The van der Waals surface area contributed by atoms with Crippen molar-refractivity contribution in [2.24, 2.45) is 0 Å². The number of aliphatic hydroxyl groups is 1. The molecule has 0 amide bonds. The topological polar surface area (TPSA) is 95.4 Å². The summed E-state index contributed by atoms with van der Waals surface area (Å²) in [5.41, 5.74) is 3.56. The van der Waals surface area contributed by atoms with Crippen LogP contribution in [0.25, 0.3) is 0 Å². The van der Waals surface area contributed by atoms with Gasteiger partial charge < -0.3 is 15.3 Å². The number of nitrogens with zero attached hydrogens (tertiary/aromatic N) is 3. The maximum Gasteiger partial charge on any atom is 0.227 e. The van der Waals surface area contributed by atoms with Crippen molar-refractivity contribution < 1.29 is 13.5 Å². The fourth-order valence-corrected chi connectivity index (χ4v) is 6.10. The number of aryl methyl sites for hydroxylation is 1. The van der Waals surface area contributed by atoms with E-state index in [0.29, 0.717) is 47.7 Å². The van der Waals surface area contributed by atoms with Gasteiger partial charge in [-0.05, 0) is 54.7 Å². The molecule has 3 heterocycles. The van der Waals surface area contributed by atoms with E-state index in [1.54, 1.807) is 0 Å². The lowest BCUT2D eigenvalue weighted by Crippen LogP contribution is -2.46. The Hall–Kier alpha value is -2.68. The lowest BCUT2D eigenvalue weighted by atomic mass is 9.92. The van der Waals surface area contributed by atoms with E-state index in [4.69, 9.17) is 16.7 Å². The highest BCUT2D eigenvalue weighted by molar-refractivity contribution is 7.91. The first-order chi connectivity index (χ1) is 15.9. The Morgan fingerprint density at radius 2 is 1.79 bits per heavy atom. The minimum absolute atomic E-state index is 0.0840. The Morgan fingerprint density at radius 1 is 1.06 bits per heavy atom. The number of fused-ring (bicyclic) bond motifs is 1. The minimum atomic E-state index is -3.45. The third-order valence-electron chi connectivity index (χ3n) is 6.18. The van der Waals surface area contributed by atoms with Crippen LogP contribution in [0.4, 0.5) is 17.5 Å². The van der Waals surface area contributed by atoms with Gasteiger partial charge in [0.2, 0.25) is 5.95 Å². The van der Waals surface area contributed by atoms with Gasteiger partial charge in [-0.15, -0.1) is 0 Å². The van der Waals surface area contributed by atoms with Gasteiger partial charge in [0, 0.05) is 36.3 Å². The number of hydrogen-bond acceptors (Lipinski definition) is 7. The smallest absolute Gasteiger partial charge is 0.227 e. The van der Waals surface area contributed by atoms with E-state index in [0.717, 1.165) is 24.3 Å². The van der Waals surface area contributed by atoms with E-state index in [9.17, 15) is 8.42 Å². The van der Waals surface area contributed by atoms with Crippen molar-refractivity contribution in [2.45, 2.75) is 30.1 Å². The molecular formula is C24H25ClN4O3S. The van der Waals surface area contributed by atoms with Crippen molar-refractivity contribution in [3.05, 3.63) is 70.4 Å². The molecular weight excluding hydrogens is 460 g/mol. The zero-order valence-corrected chi connectivity index (χ0v) is 19.6. The molecule has 0 aliphatic carbocycles. The van der Waals surface area contributed by atoms with Crippen LogP contribution >= 0.6 is 11.6 Å². The number of halogens is 1. The summed E-state index contributed by atoms with van der Waals surface area (Å²) in [5, 5.41) is 13.1. The molecule has 0 radical (unpaired) electrons. The molecule has 9 heteroatoms. The first-order valence-corrected chi connectivity index (χ1v) is 13.1. The average Bonchev–Trinajstić information content (AvgIpc) is 2.75. The minimum Gasteiger partial charge on any atom is -0.396 e. The molecule has 2 aliphatic rings. The normalized spacial score (nSPS) is 17.3. The standard InChI is InChI=1S/C24H25ClN4O3S/c25-19-7-5-17(6-8-19)18-14-29(15-18)24-27-21-2-1-13-33(31,32)22(21)23(28-24)26-20-9-3-16(4-10-20)11-12-30/h3-10,18,30H,1-2,11-15H2,(H,26,27,28). The molecule has 5 rings (SSSR count). The SMILES string of the molecule is O=S1(=O)CCCc2nc(N3CC(c4ccc(Cl)cc4)C3)nc(Nc3ccc(CCO)cc3)c21. The quantitative estimate of drug-likeness (QED) is 0.550. The van der Waals surface area contributed by atoms with Gasteiger partial charge in [0.25, 0.3) is 0 Å². The fraction of sp³-hybridized carbons (Fsp3) is 0.333. The van der Waals surface area contributed by atoms with Gasteiger partial charge in [0.1, 0.15) is 4.90 Å². The summed E-state index contributed by atoms with van der Waals surface area (Å²) in [4.78, 5) is 11.6. The van der Waals surface area contributed by atoms with Crippen LogP contribution in [0.1, 0.15) is 29.2 Å². The Kier molecular flexibility index (Phi) is 5.99. The van der Waals surface area contributed by atoms with E-state index in [2.05, 4.69) is 20.2 Å². The van der Waals surface area contributed by atoms with Crippen molar-refractivity contribution in [3.8, 4) is 0 Å². The van der Waals surface area contributed by atoms with Crippen LogP contribution in [0.15, 0.2) is 53.4 Å². The average molecular weight is 485 g/mol. The zero-order valence-electron chi connectivity index (χ0n) is 18.0. The monoisotopic (exact) mass is 484 g/mol. The number of nitrogens with one attached hydrogen (secondary N) is 1. The first-order valence-electron chi connectivity index (χ1n) is 11.0. The summed E-state index contributed by atoms with van der Waals surface area (Å²) >= 11 is 6.00. The highest BCUT2D eigenvalue weighted by atomic mass is 35.5. The summed E-state index contributed by atoms with van der Waals surface area (Å²) in [5.74, 6) is 1.35. The van der Waals surface area contributed by atoms with Crippen molar-refractivity contribution >= 4 is 38.9 Å². The van der Waals surface area contributed by atoms with E-state index in [1.165, 1.54) is 5.56 Å². The van der Waals surface area contributed by atoms with Gasteiger partial charge in [-0.3, -0.25) is 0 Å². The summed E-state index contributed by atoms with van der Waals surface area (Å²) in [6, 6.07) is 15.4. The second-order valence-corrected chi connectivity index (χ2v) is 11.0. The third kappa shape index (κ3) is 4.55. The molecule has 1 aromatic heterocycles. The molecule has 0 spiro atoms. The summed E-state index contributed by atoms with van der Waals surface area (Å²) in [7, 11) is -3.45. The summed E-state index contributed by atoms with van der Waals surface area (Å²) in [6.07, 6.45) is 1.75. The number of hydrogen-bond donors (Lipinski definition) is 2. The maximum atomic E-state index is 12.9. The van der Waals surface area contributed by atoms with Crippen molar-refractivity contribution in [1.82, 2.24) is 9.97 Å². The van der Waals surface area contributed by atoms with Crippen LogP contribution in [0.2, 0.25) is 5.02 Å². The maximum absolute atomic E-state index is 12.9. The van der Waals surface area contributed by atoms with Crippen LogP contribution in [-0.4, -0.2) is 48.9 Å². The van der Waals surface area contributed by atoms with E-state index in [1.807, 2.05) is 48.5 Å². The predicted molar refractivity (Wildman–Crippen MR) is 129 cm³/mol. The Bertz CT molecular complexity index is 1260. The molecule has 0 bridgehead atoms. The van der Waals surface area contributed by atoms with Crippen LogP contribution in [0.3, 0.4) is 0 Å². The molecule has 3 aromatic rings. The molecule has 2 aromatic carbocycles. The summed E-state index contributed by atoms with van der Waals surface area (Å²) < 4.78 is 25.8. The molecule has 33 heavy (non-hydrogen) atoms. The van der Waals surface area contributed by atoms with Crippen LogP contribution in [0, 0.1) is 0 Å². The molecule has 172 valence electrons. The second-order valence-electron chi connectivity index (χ2n) is 8.52. The van der Waals surface area contributed by atoms with Crippen molar-refractivity contribution in [3.63, 3.8) is 0 Å². The largest absolute Gasteiger partial charge is 0.396 e. The van der Waals surface area contributed by atoms with Gasteiger partial charge >= 0.3 is 0 Å². The number of anilines is 3. The highest BCUT2D eigenvalue weighted by Gasteiger charge is 2.34. The van der Waals surface area contributed by atoms with Gasteiger partial charge in [0.15, 0.2) is 15.7 Å². The van der Waals surface area contributed by atoms with Crippen LogP contribution in [-0.2, 0) is 22.7 Å². The van der Waals surface area contributed by atoms with E-state index in [-0.39, 0.29) is 17.3 Å². The molecule has 7 nitrogen and oxygen atoms in total. The molecule has 2 N–H and O–H groups in total. The fourth-order valence-electron chi connectivity index (χ4n) is 4.35. The lowest BCUT2D eigenvalue weighted by Gasteiger charge is -2.40. The van der Waals surface area contributed by atoms with Crippen LogP contribution in [0.5, 0.6) is 0 Å². The lowest BCUT2D eigenvalue weighted by molar-refractivity contribution is 0.299. The predicted octanol–water partition coefficient (Wildman–Crippen LogP) is 3.73. The second kappa shape index (κ2) is 8.93. The number of rotatable bonds is 6. The van der Waals surface area contributed by atoms with Gasteiger partial charge in [-0.1, -0.05) is 35.9 Å². The number of aliphatic hydroxyl groups excluding tert-OH is 1. The molecule has 2 aliphatic heterocycles. The zero-order chi connectivity index (χ0) is 23.0. The molecule has 0 atom stereocenters. The number of sulfone groups is 1.